The zero-order valence-corrected chi connectivity index (χ0v) is 17.4. The van der Waals surface area contributed by atoms with Gasteiger partial charge in [-0.15, -0.1) is 0 Å². The molecule has 0 aliphatic heterocycles. The second kappa shape index (κ2) is 13.4. The molecule has 12 nitrogen and oxygen atoms in total. The summed E-state index contributed by atoms with van der Waals surface area (Å²) in [5.74, 6) is -3.94. The van der Waals surface area contributed by atoms with Crippen LogP contribution in [0, 0.1) is 5.92 Å². The molecule has 0 aromatic rings. The Morgan fingerprint density at radius 1 is 0.828 bits per heavy atom. The summed E-state index contributed by atoms with van der Waals surface area (Å²) in [6, 6.07) is -1.95. The first-order chi connectivity index (χ1) is 13.5. The Labute approximate surface area is 173 Å². The van der Waals surface area contributed by atoms with Gasteiger partial charge in [0.15, 0.2) is 0 Å². The summed E-state index contributed by atoms with van der Waals surface area (Å²) in [6.45, 7) is 3.54. The normalized spacial score (nSPS) is 12.3. The first kappa shape index (κ1) is 26.2. The van der Waals surface area contributed by atoms with Crippen LogP contribution in [0.3, 0.4) is 0 Å². The van der Waals surface area contributed by atoms with E-state index in [0.717, 1.165) is 0 Å². The van der Waals surface area contributed by atoms with Crippen molar-refractivity contribution in [2.24, 2.45) is 11.7 Å². The van der Waals surface area contributed by atoms with Crippen LogP contribution >= 0.6 is 12.6 Å². The summed E-state index contributed by atoms with van der Waals surface area (Å²) in [5.41, 5.74) is 4.93. The van der Waals surface area contributed by atoms with E-state index in [1.165, 1.54) is 6.92 Å². The minimum absolute atomic E-state index is 0.0435. The quantitative estimate of drug-likeness (QED) is 0.156. The third-order valence-electron chi connectivity index (χ3n) is 3.46. The lowest BCUT2D eigenvalue weighted by molar-refractivity contribution is -0.132. The molecule has 0 aromatic carbocycles. The minimum Gasteiger partial charge on any atom is -0.368 e. The van der Waals surface area contributed by atoms with Crippen LogP contribution in [0.15, 0.2) is 0 Å². The number of nitrogens with one attached hydrogen (secondary N) is 5. The van der Waals surface area contributed by atoms with Gasteiger partial charge < -0.3 is 32.3 Å². The van der Waals surface area contributed by atoms with Gasteiger partial charge in [-0.1, -0.05) is 13.8 Å². The van der Waals surface area contributed by atoms with Crippen molar-refractivity contribution in [1.29, 1.82) is 0 Å². The molecule has 0 fully saturated rings. The number of thiol groups is 1. The standard InChI is InChI=1S/C16H28N6O6S/c1-8(2)14(22-13(26)5-18-9(3)23)16(28)20-6-12(25)21-10(7-29)15(27)19-4-11(17)24/h8,10,14,29H,4-7H2,1-3H3,(H2,17,24)(H,18,23)(H,19,27)(H,20,28)(H,21,25)(H,22,26)/t10-,14-/m0/s1. The van der Waals surface area contributed by atoms with Gasteiger partial charge in [0.05, 0.1) is 19.6 Å². The van der Waals surface area contributed by atoms with Crippen LogP contribution in [-0.2, 0) is 28.8 Å². The van der Waals surface area contributed by atoms with E-state index < -0.39 is 48.2 Å². The van der Waals surface area contributed by atoms with Crippen molar-refractivity contribution in [3.8, 4) is 0 Å². The van der Waals surface area contributed by atoms with Crippen molar-refractivity contribution >= 4 is 48.1 Å². The number of carbonyl (C=O) groups is 6. The number of primary amides is 1. The van der Waals surface area contributed by atoms with E-state index in [4.69, 9.17) is 5.73 Å². The smallest absolute Gasteiger partial charge is 0.243 e. The van der Waals surface area contributed by atoms with Gasteiger partial charge in [0.2, 0.25) is 35.4 Å². The number of hydrogen-bond donors (Lipinski definition) is 7. The molecule has 0 aliphatic rings. The molecule has 164 valence electrons. The van der Waals surface area contributed by atoms with E-state index in [0.29, 0.717) is 0 Å². The van der Waals surface area contributed by atoms with E-state index >= 15 is 0 Å². The summed E-state index contributed by atoms with van der Waals surface area (Å²) >= 11 is 3.96. The van der Waals surface area contributed by atoms with Crippen molar-refractivity contribution in [2.75, 3.05) is 25.4 Å². The van der Waals surface area contributed by atoms with Crippen LogP contribution in [0.5, 0.6) is 0 Å². The highest BCUT2D eigenvalue weighted by molar-refractivity contribution is 7.80. The summed E-state index contributed by atoms with van der Waals surface area (Å²) in [5, 5.41) is 11.8. The number of rotatable bonds is 12. The Morgan fingerprint density at radius 2 is 1.34 bits per heavy atom. The predicted molar refractivity (Wildman–Crippen MR) is 106 cm³/mol. The molecule has 0 heterocycles. The highest BCUT2D eigenvalue weighted by atomic mass is 32.1. The van der Waals surface area contributed by atoms with E-state index in [9.17, 15) is 28.8 Å². The van der Waals surface area contributed by atoms with Gasteiger partial charge in [0.25, 0.3) is 0 Å². The number of nitrogens with two attached hydrogens (primary N) is 1. The van der Waals surface area contributed by atoms with Gasteiger partial charge in [-0.2, -0.15) is 12.6 Å². The van der Waals surface area contributed by atoms with Gasteiger partial charge >= 0.3 is 0 Å². The first-order valence-corrected chi connectivity index (χ1v) is 9.38. The van der Waals surface area contributed by atoms with Crippen LogP contribution in [-0.4, -0.2) is 72.9 Å². The van der Waals surface area contributed by atoms with Gasteiger partial charge in [0, 0.05) is 12.7 Å². The summed E-state index contributed by atoms with van der Waals surface area (Å²) in [6.07, 6.45) is 0. The molecule has 0 spiro atoms. The largest absolute Gasteiger partial charge is 0.368 e. The average molecular weight is 433 g/mol. The van der Waals surface area contributed by atoms with E-state index in [-0.39, 0.29) is 30.7 Å². The molecule has 0 saturated heterocycles. The molecular formula is C16H28N6O6S. The molecule has 0 aliphatic carbocycles. The first-order valence-electron chi connectivity index (χ1n) is 8.75. The molecule has 6 amide bonds. The van der Waals surface area contributed by atoms with Crippen LogP contribution in [0.2, 0.25) is 0 Å². The monoisotopic (exact) mass is 432 g/mol. The SMILES string of the molecule is CC(=O)NCC(=O)N[C@H](C(=O)NCC(=O)N[C@@H](CS)C(=O)NCC(N)=O)C(C)C. The summed E-state index contributed by atoms with van der Waals surface area (Å²) < 4.78 is 0. The molecule has 13 heteroatoms. The van der Waals surface area contributed by atoms with Crippen molar-refractivity contribution in [3.63, 3.8) is 0 Å². The van der Waals surface area contributed by atoms with Gasteiger partial charge in [-0.05, 0) is 5.92 Å². The molecule has 0 bridgehead atoms. The highest BCUT2D eigenvalue weighted by Crippen LogP contribution is 2.01. The molecule has 0 unspecified atom stereocenters. The second-order valence-corrected chi connectivity index (χ2v) is 6.77. The molecule has 0 aromatic heterocycles. The average Bonchev–Trinajstić information content (AvgIpc) is 2.64. The Morgan fingerprint density at radius 3 is 1.83 bits per heavy atom. The van der Waals surface area contributed by atoms with Crippen molar-refractivity contribution < 1.29 is 28.8 Å². The lowest BCUT2D eigenvalue weighted by Crippen LogP contribution is -2.55. The lowest BCUT2D eigenvalue weighted by Gasteiger charge is -2.22. The van der Waals surface area contributed by atoms with Gasteiger partial charge in [-0.25, -0.2) is 0 Å². The van der Waals surface area contributed by atoms with Crippen molar-refractivity contribution in [2.45, 2.75) is 32.9 Å². The fourth-order valence-corrected chi connectivity index (χ4v) is 2.24. The molecular weight excluding hydrogens is 404 g/mol. The van der Waals surface area contributed by atoms with Crippen LogP contribution < -0.4 is 32.3 Å². The van der Waals surface area contributed by atoms with E-state index in [2.05, 4.69) is 39.2 Å². The number of hydrogen-bond acceptors (Lipinski definition) is 7. The molecule has 2 atom stereocenters. The fraction of sp³-hybridized carbons (Fsp3) is 0.625. The number of amides is 6. The van der Waals surface area contributed by atoms with Crippen molar-refractivity contribution in [1.82, 2.24) is 26.6 Å². The topological polar surface area (TPSA) is 189 Å². The second-order valence-electron chi connectivity index (χ2n) is 6.40. The van der Waals surface area contributed by atoms with Gasteiger partial charge in [-0.3, -0.25) is 28.8 Å². The Hall–Kier alpha value is -2.83. The molecule has 0 radical (unpaired) electrons. The third-order valence-corrected chi connectivity index (χ3v) is 3.82. The van der Waals surface area contributed by atoms with E-state index in [1.807, 2.05) is 0 Å². The zero-order valence-electron chi connectivity index (χ0n) is 16.5. The maximum Gasteiger partial charge on any atom is 0.243 e. The minimum atomic E-state index is -1.03. The summed E-state index contributed by atoms with van der Waals surface area (Å²) in [7, 11) is 0. The highest BCUT2D eigenvalue weighted by Gasteiger charge is 2.25. The molecule has 7 N–H and O–H groups in total. The maximum absolute atomic E-state index is 12.3. The number of carbonyl (C=O) groups excluding carboxylic acids is 6. The third kappa shape index (κ3) is 11.6. The van der Waals surface area contributed by atoms with E-state index in [1.54, 1.807) is 13.8 Å². The van der Waals surface area contributed by atoms with Crippen LogP contribution in [0.1, 0.15) is 20.8 Å². The Bertz CT molecular complexity index is 641. The Balaban J connectivity index is 4.62. The fourth-order valence-electron chi connectivity index (χ4n) is 1.98. The van der Waals surface area contributed by atoms with Gasteiger partial charge in [0.1, 0.15) is 12.1 Å². The van der Waals surface area contributed by atoms with Crippen molar-refractivity contribution in [3.05, 3.63) is 0 Å². The van der Waals surface area contributed by atoms with Crippen LogP contribution in [0.25, 0.3) is 0 Å². The predicted octanol–water partition coefficient (Wildman–Crippen LogP) is -3.60. The lowest BCUT2D eigenvalue weighted by atomic mass is 10.0. The molecule has 0 rings (SSSR count). The summed E-state index contributed by atoms with van der Waals surface area (Å²) in [4.78, 5) is 69.4. The van der Waals surface area contributed by atoms with Crippen LogP contribution in [0.4, 0.5) is 0 Å². The zero-order chi connectivity index (χ0) is 22.6. The molecule has 29 heavy (non-hydrogen) atoms. The maximum atomic E-state index is 12.3. The molecule has 0 saturated carbocycles. The Kier molecular flexibility index (Phi) is 12.1.